The number of carboxylic acid groups (broad SMARTS) is 1. The molecule has 0 aromatic carbocycles. The number of aromatic nitrogens is 1. The number of oxime groups is 1. The van der Waals surface area contributed by atoms with Crippen LogP contribution in [-0.4, -0.2) is 104 Å². The number of thioether (sulfide) groups is 1. The number of nitrogens with one attached hydrogen (secondary N) is 1. The van der Waals surface area contributed by atoms with Gasteiger partial charge in [0.2, 0.25) is 0 Å². The molecule has 1 aromatic heterocycles. The summed E-state index contributed by atoms with van der Waals surface area (Å²) in [6, 6.07) is -0.342. The number of aliphatic hydroxyl groups is 1. The average Bonchev–Trinajstić information content (AvgIpc) is 3.30. The molecule has 0 radical (unpaired) electrons. The van der Waals surface area contributed by atoms with Crippen LogP contribution in [0.15, 0.2) is 21.8 Å². The minimum Gasteiger partial charge on any atom is -0.477 e. The number of quaternary nitrogens is 1. The Labute approximate surface area is 215 Å². The largest absolute Gasteiger partial charge is 0.477 e. The third-order valence-electron chi connectivity index (χ3n) is 7.82. The number of carboxylic acids is 1. The molecule has 6 atom stereocenters. The summed E-state index contributed by atoms with van der Waals surface area (Å²) in [4.78, 5) is 48.5. The zero-order chi connectivity index (χ0) is 25.8. The van der Waals surface area contributed by atoms with Crippen molar-refractivity contribution in [3.8, 4) is 0 Å². The molecular weight excluding hydrogens is 508 g/mol. The lowest BCUT2D eigenvalue weighted by molar-refractivity contribution is -0.945. The molecule has 1 aromatic rings. The summed E-state index contributed by atoms with van der Waals surface area (Å²) in [6.07, 6.45) is 3.14. The van der Waals surface area contributed by atoms with Gasteiger partial charge in [-0.05, 0) is 0 Å². The van der Waals surface area contributed by atoms with Crippen molar-refractivity contribution in [2.24, 2.45) is 5.16 Å². The number of hydrogen-bond acceptors (Lipinski definition) is 10. The first-order valence-corrected chi connectivity index (χ1v) is 13.6. The molecule has 3 saturated heterocycles. The van der Waals surface area contributed by atoms with E-state index < -0.39 is 29.2 Å². The van der Waals surface area contributed by atoms with E-state index in [0.29, 0.717) is 29.6 Å². The van der Waals surface area contributed by atoms with Gasteiger partial charge in [0.05, 0.1) is 25.2 Å². The topological polar surface area (TPSA) is 167 Å². The third-order valence-corrected chi connectivity index (χ3v) is 9.83. The van der Waals surface area contributed by atoms with Crippen molar-refractivity contribution in [3.05, 3.63) is 22.3 Å². The zero-order valence-electron chi connectivity index (χ0n) is 19.9. The lowest BCUT2D eigenvalue weighted by atomic mass is 9.95. The van der Waals surface area contributed by atoms with E-state index in [0.717, 1.165) is 29.8 Å². The molecule has 14 heteroatoms. The Morgan fingerprint density at radius 1 is 1.36 bits per heavy atom. The third kappa shape index (κ3) is 4.05. The average molecular weight is 538 g/mol. The molecule has 5 rings (SSSR count). The standard InChI is InChI=1S/C22H28N6O6S2/c1-28(11-3-4-12(28)6-13(29)5-11)7-10-8-35-20-16(19(31)27(20)17(10)21(32)33)25-18(30)15(26-34-2)14-9-36-22(23)24-14/h9,11-13,16,20,29H,3-8H2,1-2H3,(H3-,23,24,25,30,32,33)/p+1/b26-15-/t11-,12+,13?,16-,20-,28?/m1/s1. The molecular formula is C22H29N6O6S2+. The molecule has 0 spiro atoms. The minimum absolute atomic E-state index is 0.0113. The van der Waals surface area contributed by atoms with Gasteiger partial charge in [-0.15, -0.1) is 23.1 Å². The Balaban J connectivity index is 1.35. The molecule has 4 aliphatic rings. The lowest BCUT2D eigenvalue weighted by Crippen LogP contribution is -2.71. The molecule has 5 heterocycles. The summed E-state index contributed by atoms with van der Waals surface area (Å²) < 4.78 is 0.699. The van der Waals surface area contributed by atoms with Gasteiger partial charge in [0.25, 0.3) is 11.8 Å². The maximum Gasteiger partial charge on any atom is 0.352 e. The number of aliphatic carboxylic acids is 1. The molecule has 12 nitrogen and oxygen atoms in total. The van der Waals surface area contributed by atoms with Gasteiger partial charge in [-0.2, -0.15) is 0 Å². The fourth-order valence-corrected chi connectivity index (χ4v) is 7.97. The van der Waals surface area contributed by atoms with E-state index in [1.165, 1.54) is 23.8 Å². The number of carbonyl (C=O) groups is 3. The monoisotopic (exact) mass is 537 g/mol. The van der Waals surface area contributed by atoms with E-state index in [2.05, 4.69) is 22.5 Å². The fourth-order valence-electron chi connectivity index (χ4n) is 6.09. The van der Waals surface area contributed by atoms with Crippen molar-refractivity contribution < 1.29 is 33.9 Å². The van der Waals surface area contributed by atoms with Crippen LogP contribution < -0.4 is 11.1 Å². The van der Waals surface area contributed by atoms with Crippen LogP contribution in [0.25, 0.3) is 0 Å². The van der Waals surface area contributed by atoms with Crippen molar-refractivity contribution in [2.45, 2.75) is 55.3 Å². The Morgan fingerprint density at radius 2 is 2.06 bits per heavy atom. The number of β-lactam (4-membered cyclic amide) rings is 1. The molecule has 36 heavy (non-hydrogen) atoms. The van der Waals surface area contributed by atoms with Crippen LogP contribution in [0.4, 0.5) is 5.13 Å². The zero-order valence-corrected chi connectivity index (χ0v) is 21.5. The molecule has 0 saturated carbocycles. The Bertz CT molecular complexity index is 1150. The Kier molecular flexibility index (Phi) is 6.47. The minimum atomic E-state index is -1.15. The van der Waals surface area contributed by atoms with Crippen molar-refractivity contribution in [3.63, 3.8) is 0 Å². The second kappa shape index (κ2) is 9.32. The molecule has 4 aliphatic heterocycles. The van der Waals surface area contributed by atoms with E-state index >= 15 is 0 Å². The molecule has 2 unspecified atom stereocenters. The van der Waals surface area contributed by atoms with E-state index in [1.54, 1.807) is 5.38 Å². The number of likely N-dealkylation sites (N-methyl/N-ethyl adjacent to an activating group) is 1. The number of fused-ring (bicyclic) bond motifs is 3. The van der Waals surface area contributed by atoms with E-state index in [1.807, 2.05) is 0 Å². The van der Waals surface area contributed by atoms with Gasteiger partial charge in [-0.25, -0.2) is 9.78 Å². The second-order valence-electron chi connectivity index (χ2n) is 9.83. The number of nitrogens with zero attached hydrogens (tertiary/aromatic N) is 4. The molecule has 2 bridgehead atoms. The summed E-state index contributed by atoms with van der Waals surface area (Å²) >= 11 is 2.58. The van der Waals surface area contributed by atoms with Gasteiger partial charge >= 0.3 is 5.97 Å². The summed E-state index contributed by atoms with van der Waals surface area (Å²) in [5, 5.41) is 28.0. The molecule has 194 valence electrons. The highest BCUT2D eigenvalue weighted by Gasteiger charge is 2.57. The second-order valence-corrected chi connectivity index (χ2v) is 11.8. The van der Waals surface area contributed by atoms with Crippen molar-refractivity contribution in [2.75, 3.05) is 32.2 Å². The number of amides is 2. The number of rotatable bonds is 7. The maximum atomic E-state index is 13.1. The first-order valence-electron chi connectivity index (χ1n) is 11.7. The summed E-state index contributed by atoms with van der Waals surface area (Å²) in [5.41, 5.74) is 6.50. The van der Waals surface area contributed by atoms with Gasteiger partial charge < -0.3 is 30.6 Å². The van der Waals surface area contributed by atoms with Crippen LogP contribution in [0.2, 0.25) is 0 Å². The summed E-state index contributed by atoms with van der Waals surface area (Å²) in [5.74, 6) is -1.84. The van der Waals surface area contributed by atoms with Crippen LogP contribution in [0.1, 0.15) is 31.4 Å². The van der Waals surface area contributed by atoms with Crippen LogP contribution in [-0.2, 0) is 19.2 Å². The van der Waals surface area contributed by atoms with Gasteiger partial charge in [-0.3, -0.25) is 14.5 Å². The lowest BCUT2D eigenvalue weighted by Gasteiger charge is -2.51. The molecule has 3 fully saturated rings. The number of nitrogens with two attached hydrogens (primary N) is 1. The smallest absolute Gasteiger partial charge is 0.352 e. The predicted octanol–water partition coefficient (Wildman–Crippen LogP) is -0.0533. The highest BCUT2D eigenvalue weighted by atomic mass is 32.2. The molecule has 5 N–H and O–H groups in total. The van der Waals surface area contributed by atoms with E-state index in [4.69, 9.17) is 10.6 Å². The van der Waals surface area contributed by atoms with Gasteiger partial charge in [0, 0.05) is 42.4 Å². The first kappa shape index (κ1) is 25.0. The summed E-state index contributed by atoms with van der Waals surface area (Å²) in [6.45, 7) is 0.528. The van der Waals surface area contributed by atoms with Crippen LogP contribution in [0, 0.1) is 0 Å². The number of hydrogen-bond donors (Lipinski definition) is 4. The Morgan fingerprint density at radius 3 is 2.64 bits per heavy atom. The molecule has 0 aliphatic carbocycles. The van der Waals surface area contributed by atoms with Crippen molar-refractivity contribution in [1.29, 1.82) is 0 Å². The quantitative estimate of drug-likeness (QED) is 0.161. The van der Waals surface area contributed by atoms with E-state index in [-0.39, 0.29) is 40.4 Å². The number of thiazole rings is 1. The highest BCUT2D eigenvalue weighted by Crippen LogP contribution is 2.45. The maximum absolute atomic E-state index is 13.1. The number of carbonyl (C=O) groups excluding carboxylic acids is 2. The van der Waals surface area contributed by atoms with Gasteiger partial charge in [0.1, 0.15) is 36.5 Å². The number of nitrogen functional groups attached to an aromatic ring is 1. The van der Waals surface area contributed by atoms with E-state index in [9.17, 15) is 24.6 Å². The normalized spacial score (nSPS) is 33.8. The fraction of sp³-hybridized carbons (Fsp3) is 0.591. The molecule has 2 amide bonds. The van der Waals surface area contributed by atoms with Crippen molar-refractivity contribution in [1.82, 2.24) is 15.2 Å². The predicted molar refractivity (Wildman–Crippen MR) is 133 cm³/mol. The van der Waals surface area contributed by atoms with Crippen molar-refractivity contribution >= 4 is 51.7 Å². The number of anilines is 1. The summed E-state index contributed by atoms with van der Waals surface area (Å²) in [7, 11) is 3.43. The van der Waals surface area contributed by atoms with Crippen LogP contribution in [0.3, 0.4) is 0 Å². The Hall–Kier alpha value is -2.68. The van der Waals surface area contributed by atoms with Gasteiger partial charge in [-0.1, -0.05) is 5.16 Å². The van der Waals surface area contributed by atoms with Crippen LogP contribution in [0.5, 0.6) is 0 Å². The first-order chi connectivity index (χ1) is 17.1. The highest BCUT2D eigenvalue weighted by molar-refractivity contribution is 8.00. The van der Waals surface area contributed by atoms with Gasteiger partial charge in [0.15, 0.2) is 10.8 Å². The number of aliphatic hydroxyl groups excluding tert-OH is 1. The number of piperidine rings is 1. The van der Waals surface area contributed by atoms with Crippen LogP contribution >= 0.6 is 23.1 Å². The SMILES string of the molecule is CO/N=C(\C(=O)N[C@@H]1C(=O)N2C(C(=O)O)=C(C[N+]3(C)[C@@H]4CC[C@H]3CC(O)C4)CS[C@H]12)c1csc(N)n1.